The molecule has 0 atom stereocenters. The number of carbonyl (C=O) groups is 1. The number of thioether (sulfide) groups is 1. The largest absolute Gasteiger partial charge is 0.351 e. The molecule has 1 heterocycles. The van der Waals surface area contributed by atoms with Gasteiger partial charge in [-0.15, -0.1) is 5.10 Å². The number of nitrogens with zero attached hydrogens (tertiary/aromatic N) is 4. The van der Waals surface area contributed by atoms with E-state index in [9.17, 15) is 4.79 Å². The van der Waals surface area contributed by atoms with Crippen LogP contribution in [0.15, 0.2) is 5.16 Å². The monoisotopic (exact) mass is 314 g/mol. The second-order valence-corrected chi connectivity index (χ2v) is 7.31. The van der Waals surface area contributed by atoms with Crippen molar-refractivity contribution in [1.82, 2.24) is 30.8 Å². The summed E-state index contributed by atoms with van der Waals surface area (Å²) in [7, 11) is 0. The standard InChI is InChI=1S/C13H26N6OS/c1-10(2)8-14-6-7-19-12(16-17-18-19)21-9-11(20)15-13(3,4)5/h10,14H,6-9H2,1-5H3,(H,15,20). The van der Waals surface area contributed by atoms with E-state index in [1.54, 1.807) is 4.68 Å². The molecule has 0 unspecified atom stereocenters. The second kappa shape index (κ2) is 8.33. The third-order valence-corrected chi connectivity index (χ3v) is 3.36. The summed E-state index contributed by atoms with van der Waals surface area (Å²) in [5.74, 6) is 0.922. The molecule has 0 aromatic carbocycles. The van der Waals surface area contributed by atoms with Gasteiger partial charge in [0.1, 0.15) is 0 Å². The SMILES string of the molecule is CC(C)CNCCn1nnnc1SCC(=O)NC(C)(C)C. The van der Waals surface area contributed by atoms with E-state index >= 15 is 0 Å². The molecule has 0 radical (unpaired) electrons. The molecule has 0 saturated heterocycles. The van der Waals surface area contributed by atoms with Crippen LogP contribution in [0.1, 0.15) is 34.6 Å². The van der Waals surface area contributed by atoms with Crippen molar-refractivity contribution in [3.05, 3.63) is 0 Å². The minimum Gasteiger partial charge on any atom is -0.351 e. The van der Waals surface area contributed by atoms with Crippen molar-refractivity contribution in [1.29, 1.82) is 0 Å². The van der Waals surface area contributed by atoms with Crippen LogP contribution in [0.2, 0.25) is 0 Å². The van der Waals surface area contributed by atoms with E-state index in [0.29, 0.717) is 23.4 Å². The minimum absolute atomic E-state index is 0.0139. The second-order valence-electron chi connectivity index (χ2n) is 6.37. The molecule has 1 aromatic heterocycles. The lowest BCUT2D eigenvalue weighted by Crippen LogP contribution is -2.41. The van der Waals surface area contributed by atoms with Crippen LogP contribution in [0.5, 0.6) is 0 Å². The van der Waals surface area contributed by atoms with Crippen LogP contribution >= 0.6 is 11.8 Å². The van der Waals surface area contributed by atoms with Gasteiger partial charge in [-0.1, -0.05) is 25.6 Å². The Labute approximate surface area is 130 Å². The predicted molar refractivity (Wildman–Crippen MR) is 84.1 cm³/mol. The fourth-order valence-electron chi connectivity index (χ4n) is 1.60. The fourth-order valence-corrected chi connectivity index (χ4v) is 2.30. The Bertz CT molecular complexity index is 440. The lowest BCUT2D eigenvalue weighted by Gasteiger charge is -2.20. The molecule has 0 fully saturated rings. The number of carbonyl (C=O) groups excluding carboxylic acids is 1. The van der Waals surface area contributed by atoms with E-state index in [2.05, 4.69) is 40.0 Å². The zero-order valence-corrected chi connectivity index (χ0v) is 14.3. The highest BCUT2D eigenvalue weighted by molar-refractivity contribution is 7.99. The summed E-state index contributed by atoms with van der Waals surface area (Å²) in [6.07, 6.45) is 0. The highest BCUT2D eigenvalue weighted by atomic mass is 32.2. The Hall–Kier alpha value is -1.15. The topological polar surface area (TPSA) is 84.7 Å². The maximum Gasteiger partial charge on any atom is 0.230 e. The van der Waals surface area contributed by atoms with Gasteiger partial charge in [0.15, 0.2) is 0 Å². The number of rotatable bonds is 8. The quantitative estimate of drug-likeness (QED) is 0.548. The first-order chi connectivity index (χ1) is 9.78. The van der Waals surface area contributed by atoms with Crippen molar-refractivity contribution in [2.45, 2.75) is 51.9 Å². The Morgan fingerprint density at radius 1 is 1.38 bits per heavy atom. The van der Waals surface area contributed by atoms with Crippen LogP contribution < -0.4 is 10.6 Å². The zero-order chi connectivity index (χ0) is 15.9. The molecular weight excluding hydrogens is 288 g/mol. The lowest BCUT2D eigenvalue weighted by molar-refractivity contribution is -0.119. The van der Waals surface area contributed by atoms with Gasteiger partial charge in [0.2, 0.25) is 11.1 Å². The van der Waals surface area contributed by atoms with Crippen LogP contribution in [0, 0.1) is 5.92 Å². The number of hydrogen-bond acceptors (Lipinski definition) is 6. The molecule has 8 heteroatoms. The summed E-state index contributed by atoms with van der Waals surface area (Å²) in [6.45, 7) is 12.7. The van der Waals surface area contributed by atoms with Crippen molar-refractivity contribution < 1.29 is 4.79 Å². The first-order valence-corrected chi connectivity index (χ1v) is 8.17. The van der Waals surface area contributed by atoms with E-state index in [0.717, 1.165) is 13.1 Å². The molecule has 1 aromatic rings. The normalized spacial score (nSPS) is 11.9. The van der Waals surface area contributed by atoms with Gasteiger partial charge in [-0.05, 0) is 43.7 Å². The van der Waals surface area contributed by atoms with Crippen molar-refractivity contribution in [3.8, 4) is 0 Å². The number of amides is 1. The van der Waals surface area contributed by atoms with Gasteiger partial charge in [0, 0.05) is 12.1 Å². The van der Waals surface area contributed by atoms with Crippen LogP contribution in [0.25, 0.3) is 0 Å². The van der Waals surface area contributed by atoms with Gasteiger partial charge >= 0.3 is 0 Å². The van der Waals surface area contributed by atoms with Gasteiger partial charge < -0.3 is 10.6 Å². The van der Waals surface area contributed by atoms with E-state index in [1.807, 2.05) is 20.8 Å². The summed E-state index contributed by atoms with van der Waals surface area (Å²) in [4.78, 5) is 11.8. The average Bonchev–Trinajstić information content (AvgIpc) is 2.77. The molecule has 120 valence electrons. The number of hydrogen-bond donors (Lipinski definition) is 2. The molecule has 0 saturated carbocycles. The number of tetrazole rings is 1. The molecule has 0 aliphatic rings. The van der Waals surface area contributed by atoms with Crippen molar-refractivity contribution >= 4 is 17.7 Å². The molecular formula is C13H26N6OS. The Kier molecular flexibility index (Phi) is 7.10. The van der Waals surface area contributed by atoms with Crippen molar-refractivity contribution in [3.63, 3.8) is 0 Å². The summed E-state index contributed by atoms with van der Waals surface area (Å²) in [6, 6.07) is 0. The summed E-state index contributed by atoms with van der Waals surface area (Å²) in [5.41, 5.74) is -0.218. The molecule has 1 rings (SSSR count). The van der Waals surface area contributed by atoms with Gasteiger partial charge in [-0.3, -0.25) is 4.79 Å². The molecule has 0 aliphatic heterocycles. The number of aromatic nitrogens is 4. The number of nitrogens with one attached hydrogen (secondary N) is 2. The van der Waals surface area contributed by atoms with Gasteiger partial charge in [0.25, 0.3) is 0 Å². The van der Waals surface area contributed by atoms with Crippen molar-refractivity contribution in [2.24, 2.45) is 5.92 Å². The van der Waals surface area contributed by atoms with Crippen LogP contribution in [0.3, 0.4) is 0 Å². The lowest BCUT2D eigenvalue weighted by atomic mass is 10.1. The van der Waals surface area contributed by atoms with Gasteiger partial charge in [-0.25, -0.2) is 4.68 Å². The third-order valence-electron chi connectivity index (χ3n) is 2.40. The maximum atomic E-state index is 11.8. The summed E-state index contributed by atoms with van der Waals surface area (Å²) < 4.78 is 1.72. The zero-order valence-electron chi connectivity index (χ0n) is 13.5. The van der Waals surface area contributed by atoms with Crippen LogP contribution in [0.4, 0.5) is 0 Å². The van der Waals surface area contributed by atoms with Crippen molar-refractivity contribution in [2.75, 3.05) is 18.8 Å². The third kappa shape index (κ3) is 8.01. The van der Waals surface area contributed by atoms with E-state index in [4.69, 9.17) is 0 Å². The molecule has 7 nitrogen and oxygen atoms in total. The summed E-state index contributed by atoms with van der Waals surface area (Å²) >= 11 is 1.35. The van der Waals surface area contributed by atoms with Crippen LogP contribution in [-0.4, -0.2) is 50.5 Å². The van der Waals surface area contributed by atoms with Gasteiger partial charge in [0.05, 0.1) is 12.3 Å². The Morgan fingerprint density at radius 3 is 2.71 bits per heavy atom. The molecule has 2 N–H and O–H groups in total. The summed E-state index contributed by atoms with van der Waals surface area (Å²) in [5, 5.41) is 18.5. The first kappa shape index (κ1) is 17.9. The first-order valence-electron chi connectivity index (χ1n) is 7.18. The smallest absolute Gasteiger partial charge is 0.230 e. The van der Waals surface area contributed by atoms with E-state index in [1.165, 1.54) is 11.8 Å². The highest BCUT2D eigenvalue weighted by Crippen LogP contribution is 2.13. The Morgan fingerprint density at radius 2 is 2.10 bits per heavy atom. The predicted octanol–water partition coefficient (Wildman–Crippen LogP) is 0.926. The highest BCUT2D eigenvalue weighted by Gasteiger charge is 2.15. The molecule has 0 aliphatic carbocycles. The Balaban J connectivity index is 2.36. The minimum atomic E-state index is -0.218. The average molecular weight is 314 g/mol. The van der Waals surface area contributed by atoms with E-state index < -0.39 is 0 Å². The fraction of sp³-hybridized carbons (Fsp3) is 0.846. The molecule has 0 bridgehead atoms. The van der Waals surface area contributed by atoms with E-state index in [-0.39, 0.29) is 11.4 Å². The van der Waals surface area contributed by atoms with Crippen LogP contribution in [-0.2, 0) is 11.3 Å². The molecule has 0 spiro atoms. The molecule has 1 amide bonds. The molecule has 21 heavy (non-hydrogen) atoms. The van der Waals surface area contributed by atoms with Gasteiger partial charge in [-0.2, -0.15) is 0 Å². The maximum absolute atomic E-state index is 11.8.